The number of esters is 1. The van der Waals surface area contributed by atoms with Gasteiger partial charge in [-0.25, -0.2) is 9.18 Å². The Morgan fingerprint density at radius 3 is 2.93 bits per heavy atom. The Kier molecular flexibility index (Phi) is 4.05. The second-order valence-electron chi connectivity index (χ2n) is 2.96. The number of aliphatic hydroxyl groups excluding tert-OH is 1. The number of carbonyl (C=O) groups excluding carboxylic acids is 1. The maximum absolute atomic E-state index is 13.3. The first-order chi connectivity index (χ1) is 7.06. The molecule has 5 heteroatoms. The molecule has 0 saturated carbocycles. The third-order valence-corrected chi connectivity index (χ3v) is 2.21. The Morgan fingerprint density at radius 1 is 1.67 bits per heavy atom. The number of carbonyl (C=O) groups is 1. The summed E-state index contributed by atoms with van der Waals surface area (Å²) >= 11 is 5.54. The van der Waals surface area contributed by atoms with Crippen LogP contribution >= 0.6 is 11.6 Å². The van der Waals surface area contributed by atoms with E-state index in [0.717, 1.165) is 7.11 Å². The van der Waals surface area contributed by atoms with Gasteiger partial charge in [0.15, 0.2) is 6.10 Å². The topological polar surface area (TPSA) is 46.5 Å². The molecule has 1 rings (SSSR count). The maximum atomic E-state index is 13.3. The van der Waals surface area contributed by atoms with Crippen molar-refractivity contribution in [1.82, 2.24) is 0 Å². The maximum Gasteiger partial charge on any atom is 0.335 e. The van der Waals surface area contributed by atoms with Crippen molar-refractivity contribution in [3.8, 4) is 0 Å². The predicted molar refractivity (Wildman–Crippen MR) is 53.1 cm³/mol. The highest BCUT2D eigenvalue weighted by molar-refractivity contribution is 6.30. The summed E-state index contributed by atoms with van der Waals surface area (Å²) in [5, 5.41) is 9.26. The first-order valence-corrected chi connectivity index (χ1v) is 4.63. The molecule has 0 amide bonds. The van der Waals surface area contributed by atoms with Crippen molar-refractivity contribution >= 4 is 17.6 Å². The van der Waals surface area contributed by atoms with E-state index in [1.54, 1.807) is 6.07 Å². The molecule has 1 unspecified atom stereocenters. The van der Waals surface area contributed by atoms with Crippen molar-refractivity contribution in [2.75, 3.05) is 7.11 Å². The van der Waals surface area contributed by atoms with E-state index in [0.29, 0.717) is 0 Å². The van der Waals surface area contributed by atoms with E-state index < -0.39 is 17.9 Å². The molecule has 0 fully saturated rings. The molecule has 1 N–H and O–H groups in total. The van der Waals surface area contributed by atoms with Crippen LogP contribution in [0.4, 0.5) is 4.39 Å². The molecule has 82 valence electrons. The molecule has 0 spiro atoms. The normalized spacial score (nSPS) is 12.3. The Hall–Kier alpha value is -1.13. The predicted octanol–water partition coefficient (Wildman–Crippen LogP) is 1.56. The van der Waals surface area contributed by atoms with Gasteiger partial charge in [-0.2, -0.15) is 0 Å². The van der Waals surface area contributed by atoms with Gasteiger partial charge < -0.3 is 9.84 Å². The summed E-state index contributed by atoms with van der Waals surface area (Å²) in [6.45, 7) is 0. The quantitative estimate of drug-likeness (QED) is 0.805. The van der Waals surface area contributed by atoms with E-state index in [9.17, 15) is 14.3 Å². The highest BCUT2D eigenvalue weighted by atomic mass is 35.5. The summed E-state index contributed by atoms with van der Waals surface area (Å²) in [5.74, 6) is -1.42. The number of hydrogen-bond acceptors (Lipinski definition) is 3. The van der Waals surface area contributed by atoms with Crippen LogP contribution in [0, 0.1) is 5.82 Å². The van der Waals surface area contributed by atoms with Gasteiger partial charge in [-0.15, -0.1) is 0 Å². The van der Waals surface area contributed by atoms with Crippen LogP contribution < -0.4 is 0 Å². The number of benzene rings is 1. The number of aliphatic hydroxyl groups is 1. The van der Waals surface area contributed by atoms with Crippen molar-refractivity contribution in [2.45, 2.75) is 12.5 Å². The molecule has 0 aliphatic heterocycles. The molecule has 1 atom stereocenters. The van der Waals surface area contributed by atoms with Gasteiger partial charge in [0.05, 0.1) is 12.1 Å². The van der Waals surface area contributed by atoms with Gasteiger partial charge >= 0.3 is 5.97 Å². The first kappa shape index (κ1) is 11.9. The Morgan fingerprint density at radius 2 is 2.33 bits per heavy atom. The molecule has 15 heavy (non-hydrogen) atoms. The largest absolute Gasteiger partial charge is 0.467 e. The SMILES string of the molecule is COC(=O)C(O)Cc1cccc(Cl)c1F. The van der Waals surface area contributed by atoms with Gasteiger partial charge in [-0.3, -0.25) is 0 Å². The second kappa shape index (κ2) is 5.09. The Labute approximate surface area is 91.4 Å². The minimum absolute atomic E-state index is 0.0374. The summed E-state index contributed by atoms with van der Waals surface area (Å²) in [7, 11) is 1.15. The van der Waals surface area contributed by atoms with Crippen molar-refractivity contribution in [1.29, 1.82) is 0 Å². The minimum Gasteiger partial charge on any atom is -0.467 e. The fourth-order valence-electron chi connectivity index (χ4n) is 1.13. The zero-order chi connectivity index (χ0) is 11.4. The molecular weight excluding hydrogens is 223 g/mol. The van der Waals surface area contributed by atoms with E-state index >= 15 is 0 Å². The highest BCUT2D eigenvalue weighted by Gasteiger charge is 2.18. The molecule has 1 aromatic carbocycles. The van der Waals surface area contributed by atoms with E-state index in [1.807, 2.05) is 0 Å². The lowest BCUT2D eigenvalue weighted by Gasteiger charge is -2.09. The highest BCUT2D eigenvalue weighted by Crippen LogP contribution is 2.19. The zero-order valence-electron chi connectivity index (χ0n) is 8.04. The number of halogens is 2. The Bertz CT molecular complexity index is 368. The fourth-order valence-corrected chi connectivity index (χ4v) is 1.33. The van der Waals surface area contributed by atoms with E-state index in [2.05, 4.69) is 4.74 Å². The van der Waals surface area contributed by atoms with Gasteiger partial charge in [0.1, 0.15) is 5.82 Å². The van der Waals surface area contributed by atoms with Crippen molar-refractivity contribution in [3.63, 3.8) is 0 Å². The fraction of sp³-hybridized carbons (Fsp3) is 0.300. The average molecular weight is 233 g/mol. The van der Waals surface area contributed by atoms with E-state index in [-0.39, 0.29) is 17.0 Å². The molecule has 0 radical (unpaired) electrons. The summed E-state index contributed by atoms with van der Waals surface area (Å²) in [6, 6.07) is 4.39. The molecule has 0 heterocycles. The molecular formula is C10H10ClFO3. The van der Waals surface area contributed by atoms with Gasteiger partial charge in [0.25, 0.3) is 0 Å². The van der Waals surface area contributed by atoms with Gasteiger partial charge in [-0.05, 0) is 11.6 Å². The van der Waals surface area contributed by atoms with Crippen LogP contribution in [-0.2, 0) is 16.0 Å². The lowest BCUT2D eigenvalue weighted by Crippen LogP contribution is -2.24. The standard InChI is InChI=1S/C10H10ClFO3/c1-15-10(14)8(13)5-6-3-2-4-7(11)9(6)12/h2-4,8,13H,5H2,1H3. The third-order valence-electron chi connectivity index (χ3n) is 1.92. The van der Waals surface area contributed by atoms with E-state index in [4.69, 9.17) is 11.6 Å². The summed E-state index contributed by atoms with van der Waals surface area (Å²) in [5.41, 5.74) is 0.181. The van der Waals surface area contributed by atoms with Gasteiger partial charge in [0.2, 0.25) is 0 Å². The second-order valence-corrected chi connectivity index (χ2v) is 3.36. The smallest absolute Gasteiger partial charge is 0.335 e. The number of hydrogen-bond donors (Lipinski definition) is 1. The van der Waals surface area contributed by atoms with Crippen molar-refractivity contribution in [2.24, 2.45) is 0 Å². The van der Waals surface area contributed by atoms with Gasteiger partial charge in [-0.1, -0.05) is 23.7 Å². The zero-order valence-corrected chi connectivity index (χ0v) is 8.79. The lowest BCUT2D eigenvalue weighted by atomic mass is 10.1. The monoisotopic (exact) mass is 232 g/mol. The first-order valence-electron chi connectivity index (χ1n) is 4.25. The summed E-state index contributed by atoms with van der Waals surface area (Å²) in [6.07, 6.45) is -1.53. The average Bonchev–Trinajstić information content (AvgIpc) is 2.23. The lowest BCUT2D eigenvalue weighted by molar-refractivity contribution is -0.150. The molecule has 0 aliphatic rings. The number of methoxy groups -OCH3 is 1. The van der Waals surface area contributed by atoms with Gasteiger partial charge in [0, 0.05) is 6.42 Å². The molecule has 1 aromatic rings. The van der Waals surface area contributed by atoms with Crippen LogP contribution in [0.25, 0.3) is 0 Å². The molecule has 0 bridgehead atoms. The number of rotatable bonds is 3. The minimum atomic E-state index is -1.37. The molecule has 0 aromatic heterocycles. The summed E-state index contributed by atoms with van der Waals surface area (Å²) < 4.78 is 17.6. The van der Waals surface area contributed by atoms with E-state index in [1.165, 1.54) is 12.1 Å². The molecule has 3 nitrogen and oxygen atoms in total. The van der Waals surface area contributed by atoms with Crippen LogP contribution in [-0.4, -0.2) is 24.3 Å². The van der Waals surface area contributed by atoms with Crippen LogP contribution in [0.5, 0.6) is 0 Å². The van der Waals surface area contributed by atoms with Crippen molar-refractivity contribution < 1.29 is 19.0 Å². The third kappa shape index (κ3) is 2.91. The molecule has 0 aliphatic carbocycles. The Balaban J connectivity index is 2.81. The van der Waals surface area contributed by atoms with Crippen LogP contribution in [0.3, 0.4) is 0 Å². The van der Waals surface area contributed by atoms with Crippen LogP contribution in [0.2, 0.25) is 5.02 Å². The van der Waals surface area contributed by atoms with Crippen LogP contribution in [0.1, 0.15) is 5.56 Å². The van der Waals surface area contributed by atoms with Crippen LogP contribution in [0.15, 0.2) is 18.2 Å². The summed E-state index contributed by atoms with van der Waals surface area (Å²) in [4.78, 5) is 10.9. The van der Waals surface area contributed by atoms with Crippen molar-refractivity contribution in [3.05, 3.63) is 34.6 Å². The number of ether oxygens (including phenoxy) is 1. The molecule has 0 saturated heterocycles.